The second kappa shape index (κ2) is 9.31. The van der Waals surface area contributed by atoms with Gasteiger partial charge in [-0.3, -0.25) is 4.98 Å². The number of ether oxygens (including phenoxy) is 1. The Balaban J connectivity index is 0.00000241. The molecule has 0 saturated heterocycles. The van der Waals surface area contributed by atoms with E-state index in [0.717, 1.165) is 21.7 Å². The molecule has 5 heteroatoms. The number of aromatic nitrogens is 2. The molecule has 1 unspecified atom stereocenters. The number of hydrogen-bond acceptors (Lipinski definition) is 3. The molecule has 6 aromatic rings. The molecule has 33 heavy (non-hydrogen) atoms. The second-order valence-electron chi connectivity index (χ2n) is 7.31. The van der Waals surface area contributed by atoms with Gasteiger partial charge in [0.1, 0.15) is 0 Å². The van der Waals surface area contributed by atoms with Gasteiger partial charge in [-0.25, -0.2) is 16.1 Å². The van der Waals surface area contributed by atoms with E-state index >= 15 is 0 Å². The largest absolute Gasteiger partial charge is 2.00 e. The van der Waals surface area contributed by atoms with Gasteiger partial charge in [-0.05, 0) is 28.7 Å². The van der Waals surface area contributed by atoms with Crippen molar-refractivity contribution in [1.29, 1.82) is 0 Å². The van der Waals surface area contributed by atoms with Crippen molar-refractivity contribution in [3.8, 4) is 28.2 Å². The van der Waals surface area contributed by atoms with Crippen LogP contribution in [0.4, 0.5) is 0 Å². The van der Waals surface area contributed by atoms with Crippen LogP contribution in [-0.2, 0) is 21.1 Å². The van der Waals surface area contributed by atoms with Crippen LogP contribution in [0.25, 0.3) is 37.6 Å². The van der Waals surface area contributed by atoms with E-state index < -0.39 is 7.53 Å². The van der Waals surface area contributed by atoms with E-state index in [0.29, 0.717) is 11.6 Å². The third-order valence-corrected chi connectivity index (χ3v) is 7.70. The summed E-state index contributed by atoms with van der Waals surface area (Å²) in [6.07, 6.45) is 1.98. The third-order valence-electron chi connectivity index (χ3n) is 5.32. The minimum atomic E-state index is -0.884. The van der Waals surface area contributed by atoms with Gasteiger partial charge in [-0.15, -0.1) is 18.2 Å². The van der Waals surface area contributed by atoms with Gasteiger partial charge in [0.05, 0.1) is 6.81 Å². The Bertz CT molecular complexity index is 1620. The molecular weight excluding hydrogens is 606 g/mol. The van der Waals surface area contributed by atoms with Crippen LogP contribution in [0, 0.1) is 12.1 Å². The maximum absolute atomic E-state index is 8.03. The summed E-state index contributed by atoms with van der Waals surface area (Å²) in [4.78, 5) is 8.78. The maximum atomic E-state index is 8.03. The second-order valence-corrected chi connectivity index (χ2v) is 9.37. The van der Waals surface area contributed by atoms with Gasteiger partial charge < -0.3 is 4.74 Å². The van der Waals surface area contributed by atoms with Crippen LogP contribution in [0.15, 0.2) is 103 Å². The molecule has 0 radical (unpaired) electrons. The van der Waals surface area contributed by atoms with Crippen LogP contribution in [0.3, 0.4) is 0 Å². The Morgan fingerprint density at radius 2 is 1.58 bits per heavy atom. The number of fused-ring (bicyclic) bond motifs is 3. The van der Waals surface area contributed by atoms with Gasteiger partial charge in [0.25, 0.3) is 0 Å². The minimum Gasteiger partial charge on any atom is -0.460 e. The van der Waals surface area contributed by atoms with Crippen molar-refractivity contribution in [1.82, 2.24) is 9.97 Å². The molecule has 3 heterocycles. The van der Waals surface area contributed by atoms with Gasteiger partial charge in [0.2, 0.25) is 5.88 Å². The molecule has 0 bridgehead atoms. The van der Waals surface area contributed by atoms with Gasteiger partial charge >= 0.3 is 21.1 Å². The summed E-state index contributed by atoms with van der Waals surface area (Å²) in [5, 5.41) is 4.78. The number of nitrogens with zero attached hydrogens (tertiary/aromatic N) is 2. The summed E-state index contributed by atoms with van der Waals surface area (Å²) in [6.45, 7) is 0. The third kappa shape index (κ3) is 4.11. The molecule has 0 fully saturated rings. The fourth-order valence-corrected chi connectivity index (χ4v) is 6.36. The SMILES string of the molecule is [2H]c1cccc(-p2c3[c-]c(-c4[c-]c(Oc5ccccn5)ccc4)ccc3c3ccccc32)n1.[Pt+2]. The van der Waals surface area contributed by atoms with Crippen LogP contribution >= 0.6 is 7.53 Å². The number of rotatable bonds is 4. The molecule has 6 rings (SSSR count). The molecule has 0 spiro atoms. The Morgan fingerprint density at radius 1 is 0.727 bits per heavy atom. The maximum Gasteiger partial charge on any atom is 2.00 e. The van der Waals surface area contributed by atoms with Gasteiger partial charge in [-0.1, -0.05) is 54.4 Å². The average molecular weight is 625 g/mol. The van der Waals surface area contributed by atoms with Crippen LogP contribution in [0.2, 0.25) is 0 Å². The van der Waals surface area contributed by atoms with E-state index in [1.54, 1.807) is 12.3 Å². The summed E-state index contributed by atoms with van der Waals surface area (Å²) in [6, 6.07) is 36.8. The van der Waals surface area contributed by atoms with E-state index in [9.17, 15) is 0 Å². The number of pyridine rings is 2. The summed E-state index contributed by atoms with van der Waals surface area (Å²) in [5.74, 6) is 1.14. The Hall–Kier alpha value is -3.25. The minimum absolute atomic E-state index is 0. The van der Waals surface area contributed by atoms with Crippen molar-refractivity contribution in [2.75, 3.05) is 0 Å². The molecule has 3 nitrogen and oxygen atoms in total. The zero-order valence-electron chi connectivity index (χ0n) is 18.3. The van der Waals surface area contributed by atoms with Crippen molar-refractivity contribution >= 4 is 28.5 Å². The molecule has 0 saturated carbocycles. The summed E-state index contributed by atoms with van der Waals surface area (Å²) >= 11 is 0. The Morgan fingerprint density at radius 3 is 2.45 bits per heavy atom. The standard InChI is InChI=1S/C28H17N2OP.Pt/c1-2-11-25-23(10-1)24-15-14-21(19-26(24)32(25)28-13-4-6-17-30-28)20-8-7-9-22(18-20)31-27-12-3-5-16-29-27;/h1-17H;/q-2;+2/i17D;. The first-order valence-corrected chi connectivity index (χ1v) is 11.6. The van der Waals surface area contributed by atoms with Gasteiger partial charge in [0.15, 0.2) is 0 Å². The van der Waals surface area contributed by atoms with Crippen LogP contribution in [0.5, 0.6) is 11.6 Å². The fraction of sp³-hybridized carbons (Fsp3) is 0. The van der Waals surface area contributed by atoms with Crippen molar-refractivity contribution in [2.45, 2.75) is 0 Å². The number of benzene rings is 3. The van der Waals surface area contributed by atoms with Crippen LogP contribution in [-0.4, -0.2) is 9.97 Å². The predicted octanol–water partition coefficient (Wildman–Crippen LogP) is 7.82. The molecule has 160 valence electrons. The van der Waals surface area contributed by atoms with Gasteiger partial charge in [-0.2, -0.15) is 24.3 Å². The van der Waals surface area contributed by atoms with Crippen molar-refractivity contribution < 1.29 is 27.2 Å². The topological polar surface area (TPSA) is 35.0 Å². The summed E-state index contributed by atoms with van der Waals surface area (Å²) < 4.78 is 13.9. The van der Waals surface area contributed by atoms with Crippen LogP contribution in [0.1, 0.15) is 1.37 Å². The molecule has 0 aliphatic rings. The van der Waals surface area contributed by atoms with E-state index in [4.69, 9.17) is 6.11 Å². The predicted molar refractivity (Wildman–Crippen MR) is 131 cm³/mol. The molecule has 0 N–H and O–H groups in total. The zero-order chi connectivity index (χ0) is 22.2. The zero-order valence-corrected chi connectivity index (χ0v) is 20.5. The molecular formula is C28H17N2OPPt. The molecule has 0 amide bonds. The first kappa shape index (κ1) is 20.4. The molecule has 0 aliphatic carbocycles. The molecule has 3 aromatic heterocycles. The quantitative estimate of drug-likeness (QED) is 0.188. The average Bonchev–Trinajstić information content (AvgIpc) is 3.18. The van der Waals surface area contributed by atoms with Gasteiger partial charge in [0, 0.05) is 24.2 Å². The van der Waals surface area contributed by atoms with Crippen molar-refractivity contribution in [3.63, 3.8) is 0 Å². The summed E-state index contributed by atoms with van der Waals surface area (Å²) in [5.41, 5.74) is 2.77. The van der Waals surface area contributed by atoms with E-state index in [2.05, 4.69) is 58.5 Å². The first-order chi connectivity index (χ1) is 16.3. The smallest absolute Gasteiger partial charge is 0.460 e. The van der Waals surface area contributed by atoms with Crippen molar-refractivity contribution in [2.24, 2.45) is 0 Å². The van der Waals surface area contributed by atoms with E-state index in [-0.39, 0.29) is 27.2 Å². The Labute approximate surface area is 208 Å². The molecule has 3 aromatic carbocycles. The fourth-order valence-electron chi connectivity index (χ4n) is 3.91. The van der Waals surface area contributed by atoms with E-state index in [1.165, 1.54) is 15.9 Å². The molecule has 0 aliphatic heterocycles. The monoisotopic (exact) mass is 624 g/mol. The van der Waals surface area contributed by atoms with Crippen molar-refractivity contribution in [3.05, 3.63) is 115 Å². The summed E-state index contributed by atoms with van der Waals surface area (Å²) in [7, 11) is -0.884. The molecule has 1 atom stereocenters. The van der Waals surface area contributed by atoms with E-state index in [1.807, 2.05) is 48.5 Å². The first-order valence-electron chi connectivity index (χ1n) is 10.8. The normalized spacial score (nSPS) is 11.8. The van der Waals surface area contributed by atoms with Crippen LogP contribution < -0.4 is 4.74 Å². The number of hydrogen-bond donors (Lipinski definition) is 0. The Kier molecular flexibility index (Phi) is 5.75.